The molecule has 0 saturated heterocycles. The summed E-state index contributed by atoms with van der Waals surface area (Å²) in [6, 6.07) is 5.98. The van der Waals surface area contributed by atoms with E-state index in [0.29, 0.717) is 6.42 Å². The van der Waals surface area contributed by atoms with Crippen LogP contribution in [0.1, 0.15) is 12.5 Å². The molecule has 0 fully saturated rings. The highest BCUT2D eigenvalue weighted by atomic mass is 16.3. The molecule has 1 aromatic heterocycles. The van der Waals surface area contributed by atoms with Gasteiger partial charge in [-0.1, -0.05) is 6.07 Å². The minimum Gasteiger partial charge on any atom is -0.393 e. The highest BCUT2D eigenvalue weighted by molar-refractivity contribution is 5.75. The summed E-state index contributed by atoms with van der Waals surface area (Å²) >= 11 is 0. The highest BCUT2D eigenvalue weighted by Gasteiger charge is 2.01. The van der Waals surface area contributed by atoms with Crippen molar-refractivity contribution in [2.24, 2.45) is 0 Å². The van der Waals surface area contributed by atoms with Crippen molar-refractivity contribution in [3.05, 3.63) is 30.1 Å². The number of imidazole rings is 1. The molecule has 0 saturated carbocycles. The zero-order valence-corrected chi connectivity index (χ0v) is 7.49. The SMILES string of the molecule is C[C@H](O)Cc1ccc2nc[nH]c2c1. The van der Waals surface area contributed by atoms with E-state index in [0.717, 1.165) is 16.6 Å². The van der Waals surface area contributed by atoms with Gasteiger partial charge in [-0.2, -0.15) is 0 Å². The fourth-order valence-corrected chi connectivity index (χ4v) is 1.45. The lowest BCUT2D eigenvalue weighted by Crippen LogP contribution is -2.03. The highest BCUT2D eigenvalue weighted by Crippen LogP contribution is 2.12. The number of rotatable bonds is 2. The van der Waals surface area contributed by atoms with Crippen molar-refractivity contribution in [2.75, 3.05) is 0 Å². The molecule has 3 nitrogen and oxygen atoms in total. The predicted octanol–water partition coefficient (Wildman–Crippen LogP) is 1.49. The molecule has 0 bridgehead atoms. The van der Waals surface area contributed by atoms with Crippen molar-refractivity contribution in [2.45, 2.75) is 19.4 Å². The van der Waals surface area contributed by atoms with E-state index in [4.69, 9.17) is 0 Å². The van der Waals surface area contributed by atoms with Gasteiger partial charge in [0.1, 0.15) is 0 Å². The van der Waals surface area contributed by atoms with E-state index in [1.165, 1.54) is 0 Å². The second-order valence-corrected chi connectivity index (χ2v) is 3.31. The third-order valence-corrected chi connectivity index (χ3v) is 2.02. The molecule has 0 aliphatic carbocycles. The van der Waals surface area contributed by atoms with E-state index in [2.05, 4.69) is 9.97 Å². The molecule has 13 heavy (non-hydrogen) atoms. The Morgan fingerprint density at radius 3 is 3.15 bits per heavy atom. The van der Waals surface area contributed by atoms with Crippen LogP contribution < -0.4 is 0 Å². The summed E-state index contributed by atoms with van der Waals surface area (Å²) in [5.74, 6) is 0. The first-order valence-corrected chi connectivity index (χ1v) is 4.36. The van der Waals surface area contributed by atoms with Crippen LogP contribution in [0.15, 0.2) is 24.5 Å². The molecule has 0 radical (unpaired) electrons. The van der Waals surface area contributed by atoms with Gasteiger partial charge in [0.15, 0.2) is 0 Å². The van der Waals surface area contributed by atoms with Gasteiger partial charge >= 0.3 is 0 Å². The third kappa shape index (κ3) is 1.70. The van der Waals surface area contributed by atoms with Gasteiger partial charge in [-0.15, -0.1) is 0 Å². The second kappa shape index (κ2) is 3.18. The molecule has 2 aromatic rings. The van der Waals surface area contributed by atoms with Gasteiger partial charge < -0.3 is 10.1 Å². The van der Waals surface area contributed by atoms with Crippen LogP contribution in [0.25, 0.3) is 11.0 Å². The van der Waals surface area contributed by atoms with Crippen LogP contribution in [-0.4, -0.2) is 21.2 Å². The monoisotopic (exact) mass is 176 g/mol. The Morgan fingerprint density at radius 1 is 1.54 bits per heavy atom. The number of hydrogen-bond donors (Lipinski definition) is 2. The smallest absolute Gasteiger partial charge is 0.0931 e. The molecular weight excluding hydrogens is 164 g/mol. The zero-order chi connectivity index (χ0) is 9.26. The Hall–Kier alpha value is -1.35. The lowest BCUT2D eigenvalue weighted by molar-refractivity contribution is 0.195. The van der Waals surface area contributed by atoms with Crippen molar-refractivity contribution < 1.29 is 5.11 Å². The number of aliphatic hydroxyl groups excluding tert-OH is 1. The van der Waals surface area contributed by atoms with Crippen LogP contribution >= 0.6 is 0 Å². The normalized spacial score (nSPS) is 13.4. The molecule has 2 N–H and O–H groups in total. The van der Waals surface area contributed by atoms with E-state index >= 15 is 0 Å². The van der Waals surface area contributed by atoms with E-state index < -0.39 is 0 Å². The van der Waals surface area contributed by atoms with Crippen LogP contribution in [0.3, 0.4) is 0 Å². The van der Waals surface area contributed by atoms with E-state index in [1.54, 1.807) is 13.3 Å². The molecule has 68 valence electrons. The number of nitrogens with one attached hydrogen (secondary N) is 1. The van der Waals surface area contributed by atoms with Gasteiger partial charge in [-0.25, -0.2) is 4.98 Å². The van der Waals surface area contributed by atoms with Gasteiger partial charge in [0, 0.05) is 0 Å². The van der Waals surface area contributed by atoms with Crippen molar-refractivity contribution in [3.8, 4) is 0 Å². The van der Waals surface area contributed by atoms with Crippen molar-refractivity contribution in [1.29, 1.82) is 0 Å². The standard InChI is InChI=1S/C10H12N2O/c1-7(13)4-8-2-3-9-10(5-8)12-6-11-9/h2-3,5-7,13H,4H2,1H3,(H,11,12)/t7-/m0/s1. The Morgan fingerprint density at radius 2 is 2.38 bits per heavy atom. The maximum atomic E-state index is 9.20. The van der Waals surface area contributed by atoms with Crippen LogP contribution in [0.5, 0.6) is 0 Å². The molecule has 0 amide bonds. The molecule has 3 heteroatoms. The number of benzene rings is 1. The summed E-state index contributed by atoms with van der Waals surface area (Å²) in [5.41, 5.74) is 3.12. The van der Waals surface area contributed by atoms with Gasteiger partial charge in [0.05, 0.1) is 23.5 Å². The summed E-state index contributed by atoms with van der Waals surface area (Å²) in [7, 11) is 0. The number of aromatic amines is 1. The summed E-state index contributed by atoms with van der Waals surface area (Å²) in [5, 5.41) is 9.20. The molecule has 1 atom stereocenters. The Bertz CT molecular complexity index is 406. The minimum atomic E-state index is -0.291. The largest absolute Gasteiger partial charge is 0.393 e. The molecule has 1 heterocycles. The summed E-state index contributed by atoms with van der Waals surface area (Å²) in [4.78, 5) is 7.16. The summed E-state index contributed by atoms with van der Waals surface area (Å²) < 4.78 is 0. The maximum Gasteiger partial charge on any atom is 0.0931 e. The number of fused-ring (bicyclic) bond motifs is 1. The minimum absolute atomic E-state index is 0.291. The number of H-pyrrole nitrogens is 1. The number of aliphatic hydroxyl groups is 1. The third-order valence-electron chi connectivity index (χ3n) is 2.02. The van der Waals surface area contributed by atoms with Crippen molar-refractivity contribution in [3.63, 3.8) is 0 Å². The Balaban J connectivity index is 2.37. The first-order valence-electron chi connectivity index (χ1n) is 4.36. The molecule has 1 aromatic carbocycles. The fourth-order valence-electron chi connectivity index (χ4n) is 1.45. The first kappa shape index (κ1) is 8.26. The van der Waals surface area contributed by atoms with Gasteiger partial charge in [-0.05, 0) is 31.0 Å². The number of nitrogens with zero attached hydrogens (tertiary/aromatic N) is 1. The van der Waals surface area contributed by atoms with E-state index in [-0.39, 0.29) is 6.10 Å². The average Bonchev–Trinajstić information content (AvgIpc) is 2.49. The molecule has 0 spiro atoms. The molecule has 0 unspecified atom stereocenters. The number of aromatic nitrogens is 2. The molecule has 0 aliphatic heterocycles. The predicted molar refractivity (Wildman–Crippen MR) is 51.5 cm³/mol. The Kier molecular flexibility index (Phi) is 2.02. The van der Waals surface area contributed by atoms with Crippen molar-refractivity contribution >= 4 is 11.0 Å². The lowest BCUT2D eigenvalue weighted by atomic mass is 10.1. The van der Waals surface area contributed by atoms with Gasteiger partial charge in [0.2, 0.25) is 0 Å². The van der Waals surface area contributed by atoms with Gasteiger partial charge in [0.25, 0.3) is 0 Å². The topological polar surface area (TPSA) is 48.9 Å². The Labute approximate surface area is 76.4 Å². The van der Waals surface area contributed by atoms with Crippen molar-refractivity contribution in [1.82, 2.24) is 9.97 Å². The fraction of sp³-hybridized carbons (Fsp3) is 0.300. The first-order chi connectivity index (χ1) is 6.25. The number of hydrogen-bond acceptors (Lipinski definition) is 2. The second-order valence-electron chi connectivity index (χ2n) is 3.31. The molecule has 0 aliphatic rings. The molecular formula is C10H12N2O. The maximum absolute atomic E-state index is 9.20. The quantitative estimate of drug-likeness (QED) is 0.728. The summed E-state index contributed by atoms with van der Waals surface area (Å²) in [6.07, 6.45) is 2.08. The zero-order valence-electron chi connectivity index (χ0n) is 7.49. The average molecular weight is 176 g/mol. The molecule has 2 rings (SSSR count). The van der Waals surface area contributed by atoms with E-state index in [1.807, 2.05) is 18.2 Å². The van der Waals surface area contributed by atoms with Crippen LogP contribution in [0.2, 0.25) is 0 Å². The lowest BCUT2D eigenvalue weighted by Gasteiger charge is -2.03. The van der Waals surface area contributed by atoms with Crippen LogP contribution in [0.4, 0.5) is 0 Å². The van der Waals surface area contributed by atoms with E-state index in [9.17, 15) is 5.11 Å². The van der Waals surface area contributed by atoms with Gasteiger partial charge in [-0.3, -0.25) is 0 Å². The summed E-state index contributed by atoms with van der Waals surface area (Å²) in [6.45, 7) is 1.79. The van der Waals surface area contributed by atoms with Crippen LogP contribution in [-0.2, 0) is 6.42 Å². The van der Waals surface area contributed by atoms with Crippen LogP contribution in [0, 0.1) is 0 Å².